The molecule has 0 aliphatic carbocycles. The Labute approximate surface area is 99.1 Å². The maximum atomic E-state index is 12.3. The highest BCUT2D eigenvalue weighted by Gasteiger charge is 2.37. The van der Waals surface area contributed by atoms with Crippen molar-refractivity contribution in [1.82, 2.24) is 4.90 Å². The van der Waals surface area contributed by atoms with E-state index in [0.717, 1.165) is 31.5 Å². The predicted molar refractivity (Wildman–Crippen MR) is 60.6 cm³/mol. The zero-order valence-electron chi connectivity index (χ0n) is 9.41. The maximum Gasteiger partial charge on any atom is 0.251 e. The van der Waals surface area contributed by atoms with E-state index in [1.54, 1.807) is 12.5 Å². The second kappa shape index (κ2) is 4.24. The molecule has 17 heavy (non-hydrogen) atoms. The van der Waals surface area contributed by atoms with Gasteiger partial charge in [0.05, 0.1) is 12.5 Å². The van der Waals surface area contributed by atoms with Gasteiger partial charge in [-0.25, -0.2) is 4.99 Å². The molecule has 90 valence electrons. The van der Waals surface area contributed by atoms with Crippen molar-refractivity contribution in [3.8, 4) is 0 Å². The zero-order valence-corrected chi connectivity index (χ0v) is 9.41. The first kappa shape index (κ1) is 10.4. The minimum absolute atomic E-state index is 0.0578. The lowest BCUT2D eigenvalue weighted by molar-refractivity contribution is -0.133. The molecule has 1 aromatic rings. The molecule has 0 bridgehead atoms. The smallest absolute Gasteiger partial charge is 0.251 e. The highest BCUT2D eigenvalue weighted by Crippen LogP contribution is 2.29. The molecule has 0 N–H and O–H groups in total. The highest BCUT2D eigenvalue weighted by atomic mass is 16.5. The Morgan fingerprint density at radius 3 is 2.94 bits per heavy atom. The number of carbonyl (C=O) groups is 1. The fourth-order valence-electron chi connectivity index (χ4n) is 2.33. The lowest BCUT2D eigenvalue weighted by atomic mass is 10.1. The Morgan fingerprint density at radius 2 is 2.24 bits per heavy atom. The van der Waals surface area contributed by atoms with Gasteiger partial charge in [0.25, 0.3) is 5.91 Å². The van der Waals surface area contributed by atoms with Crippen molar-refractivity contribution < 1.29 is 13.9 Å². The first-order valence-electron chi connectivity index (χ1n) is 5.84. The SMILES string of the molecule is O=C([C@H]1N=COC1c1ccoc1)N1CCCC1. The molecule has 0 spiro atoms. The third kappa shape index (κ3) is 1.81. The molecule has 2 aliphatic rings. The molecule has 5 heteroatoms. The lowest BCUT2D eigenvalue weighted by Crippen LogP contribution is -2.38. The minimum atomic E-state index is -0.453. The summed E-state index contributed by atoms with van der Waals surface area (Å²) in [6, 6.07) is 1.36. The lowest BCUT2D eigenvalue weighted by Gasteiger charge is -2.21. The van der Waals surface area contributed by atoms with Gasteiger partial charge in [-0.1, -0.05) is 0 Å². The number of nitrogens with zero attached hydrogens (tertiary/aromatic N) is 2. The van der Waals surface area contributed by atoms with Crippen LogP contribution in [0.25, 0.3) is 0 Å². The molecule has 1 amide bonds. The fraction of sp³-hybridized carbons (Fsp3) is 0.500. The highest BCUT2D eigenvalue weighted by molar-refractivity contribution is 5.85. The molecule has 2 atom stereocenters. The van der Waals surface area contributed by atoms with Gasteiger partial charge in [-0.15, -0.1) is 0 Å². The van der Waals surface area contributed by atoms with Gasteiger partial charge in [0.15, 0.2) is 18.5 Å². The van der Waals surface area contributed by atoms with E-state index in [-0.39, 0.29) is 12.0 Å². The van der Waals surface area contributed by atoms with Crippen molar-refractivity contribution in [2.75, 3.05) is 13.1 Å². The van der Waals surface area contributed by atoms with Gasteiger partial charge < -0.3 is 14.1 Å². The van der Waals surface area contributed by atoms with Crippen LogP contribution in [0.2, 0.25) is 0 Å². The number of hydrogen-bond donors (Lipinski definition) is 0. The maximum absolute atomic E-state index is 12.3. The van der Waals surface area contributed by atoms with Gasteiger partial charge in [-0.2, -0.15) is 0 Å². The predicted octanol–water partition coefficient (Wildman–Crippen LogP) is 1.37. The molecule has 1 fully saturated rings. The van der Waals surface area contributed by atoms with E-state index >= 15 is 0 Å². The van der Waals surface area contributed by atoms with Crippen molar-refractivity contribution in [2.45, 2.75) is 25.0 Å². The Balaban J connectivity index is 1.77. The summed E-state index contributed by atoms with van der Waals surface area (Å²) in [5, 5.41) is 0. The third-order valence-corrected chi connectivity index (χ3v) is 3.26. The summed E-state index contributed by atoms with van der Waals surface area (Å²) in [6.45, 7) is 1.67. The summed E-state index contributed by atoms with van der Waals surface area (Å²) >= 11 is 0. The van der Waals surface area contributed by atoms with Gasteiger partial charge in [-0.05, 0) is 18.9 Å². The quantitative estimate of drug-likeness (QED) is 0.776. The Bertz CT molecular complexity index is 421. The van der Waals surface area contributed by atoms with Gasteiger partial charge in [-0.3, -0.25) is 4.79 Å². The van der Waals surface area contributed by atoms with Crippen molar-refractivity contribution in [3.63, 3.8) is 0 Å². The van der Waals surface area contributed by atoms with E-state index in [1.807, 2.05) is 11.0 Å². The van der Waals surface area contributed by atoms with Crippen molar-refractivity contribution in [2.24, 2.45) is 4.99 Å². The largest absolute Gasteiger partial charge is 0.473 e. The molecule has 1 aromatic heterocycles. The summed E-state index contributed by atoms with van der Waals surface area (Å²) in [5.74, 6) is 0.0578. The van der Waals surface area contributed by atoms with Gasteiger partial charge in [0.1, 0.15) is 0 Å². The van der Waals surface area contributed by atoms with E-state index in [9.17, 15) is 4.79 Å². The van der Waals surface area contributed by atoms with Crippen LogP contribution in [0.3, 0.4) is 0 Å². The molecule has 1 unspecified atom stereocenters. The number of carbonyl (C=O) groups excluding carboxylic acids is 1. The number of rotatable bonds is 2. The van der Waals surface area contributed by atoms with Crippen LogP contribution in [-0.2, 0) is 9.53 Å². The molecule has 5 nitrogen and oxygen atoms in total. The molecular weight excluding hydrogens is 220 g/mol. The van der Waals surface area contributed by atoms with Crippen LogP contribution in [0.4, 0.5) is 0 Å². The second-order valence-corrected chi connectivity index (χ2v) is 4.35. The second-order valence-electron chi connectivity index (χ2n) is 4.35. The Kier molecular flexibility index (Phi) is 2.59. The molecule has 0 saturated carbocycles. The van der Waals surface area contributed by atoms with Crippen LogP contribution in [0, 0.1) is 0 Å². The average molecular weight is 234 g/mol. The molecule has 1 saturated heterocycles. The van der Waals surface area contributed by atoms with Crippen LogP contribution in [-0.4, -0.2) is 36.3 Å². The first-order chi connectivity index (χ1) is 8.36. The summed E-state index contributed by atoms with van der Waals surface area (Å²) in [5.41, 5.74) is 0.861. The Hall–Kier alpha value is -1.78. The van der Waals surface area contributed by atoms with E-state index in [1.165, 1.54) is 6.40 Å². The number of amides is 1. The third-order valence-electron chi connectivity index (χ3n) is 3.26. The average Bonchev–Trinajstić information content (AvgIpc) is 3.09. The summed E-state index contributed by atoms with van der Waals surface area (Å²) < 4.78 is 10.4. The monoisotopic (exact) mass is 234 g/mol. The first-order valence-corrected chi connectivity index (χ1v) is 5.84. The van der Waals surface area contributed by atoms with Gasteiger partial charge in [0.2, 0.25) is 0 Å². The standard InChI is InChI=1S/C12H14N2O3/c15-12(14-4-1-2-5-14)10-11(17-8-13-10)9-3-6-16-7-9/h3,6-8,10-11H,1-2,4-5H2/t10-,11?/m0/s1. The van der Waals surface area contributed by atoms with E-state index in [0.29, 0.717) is 0 Å². The molecule has 3 rings (SSSR count). The zero-order chi connectivity index (χ0) is 11.7. The number of hydrogen-bond acceptors (Lipinski definition) is 4. The van der Waals surface area contributed by atoms with Crippen LogP contribution in [0.5, 0.6) is 0 Å². The molecular formula is C12H14N2O3. The number of furan rings is 1. The number of ether oxygens (including phenoxy) is 1. The molecule has 0 radical (unpaired) electrons. The van der Waals surface area contributed by atoms with Gasteiger partial charge in [0, 0.05) is 18.7 Å². The molecule has 3 heterocycles. The van der Waals surface area contributed by atoms with E-state index < -0.39 is 6.04 Å². The topological polar surface area (TPSA) is 55.0 Å². The van der Waals surface area contributed by atoms with Gasteiger partial charge >= 0.3 is 0 Å². The summed E-state index contributed by atoms with van der Waals surface area (Å²) in [7, 11) is 0. The van der Waals surface area contributed by atoms with Crippen molar-refractivity contribution in [3.05, 3.63) is 24.2 Å². The molecule has 2 aliphatic heterocycles. The van der Waals surface area contributed by atoms with Crippen LogP contribution in [0.1, 0.15) is 24.5 Å². The Morgan fingerprint density at radius 1 is 1.41 bits per heavy atom. The fourth-order valence-corrected chi connectivity index (χ4v) is 2.33. The summed E-state index contributed by atoms with van der Waals surface area (Å²) in [4.78, 5) is 18.3. The van der Waals surface area contributed by atoms with Crippen molar-refractivity contribution >= 4 is 12.3 Å². The van der Waals surface area contributed by atoms with Crippen LogP contribution in [0.15, 0.2) is 28.0 Å². The van der Waals surface area contributed by atoms with E-state index in [2.05, 4.69) is 4.99 Å². The van der Waals surface area contributed by atoms with Crippen LogP contribution < -0.4 is 0 Å². The summed E-state index contributed by atoms with van der Waals surface area (Å²) in [6.07, 6.45) is 6.38. The molecule has 0 aromatic carbocycles. The number of likely N-dealkylation sites (tertiary alicyclic amines) is 1. The number of aliphatic imine (C=N–C) groups is 1. The van der Waals surface area contributed by atoms with E-state index in [4.69, 9.17) is 9.15 Å². The normalized spacial score (nSPS) is 27.4. The minimum Gasteiger partial charge on any atom is -0.473 e. The van der Waals surface area contributed by atoms with Crippen LogP contribution >= 0.6 is 0 Å². The van der Waals surface area contributed by atoms with Crippen molar-refractivity contribution in [1.29, 1.82) is 0 Å².